The molecular weight excluding hydrogens is 290 g/mol. The summed E-state index contributed by atoms with van der Waals surface area (Å²) in [7, 11) is 0. The molecule has 1 heterocycles. The average Bonchev–Trinajstić information content (AvgIpc) is 2.89. The third-order valence-electron chi connectivity index (χ3n) is 4.81. The lowest BCUT2D eigenvalue weighted by atomic mass is 9.76. The summed E-state index contributed by atoms with van der Waals surface area (Å²) in [6.45, 7) is 3.69. The second kappa shape index (κ2) is 5.67. The highest BCUT2D eigenvalue weighted by Gasteiger charge is 2.43. The van der Waals surface area contributed by atoms with Crippen molar-refractivity contribution in [3.63, 3.8) is 0 Å². The fourth-order valence-corrected chi connectivity index (χ4v) is 3.89. The first-order chi connectivity index (χ1) is 10.1. The van der Waals surface area contributed by atoms with Gasteiger partial charge < -0.3 is 20.3 Å². The van der Waals surface area contributed by atoms with Crippen LogP contribution in [0.1, 0.15) is 37.9 Å². The van der Waals surface area contributed by atoms with Crippen LogP contribution in [0.5, 0.6) is 11.5 Å². The lowest BCUT2D eigenvalue weighted by molar-refractivity contribution is 0.0304. The molecule has 1 fully saturated rings. The molecule has 0 radical (unpaired) electrons. The average molecular weight is 312 g/mol. The SMILES string of the molecule is CC1CCC(CN)(C(O)c2cc(Cl)c3c(c2)OCCO3)C1. The molecule has 1 aliphatic carbocycles. The number of fused-ring (bicyclic) bond motifs is 1. The Kier molecular flexibility index (Phi) is 4.04. The topological polar surface area (TPSA) is 64.7 Å². The first-order valence-electron chi connectivity index (χ1n) is 7.53. The number of benzene rings is 1. The van der Waals surface area contributed by atoms with Gasteiger partial charge in [-0.2, -0.15) is 0 Å². The molecular formula is C16H22ClNO3. The summed E-state index contributed by atoms with van der Waals surface area (Å²) in [5.74, 6) is 1.78. The lowest BCUT2D eigenvalue weighted by Crippen LogP contribution is -2.34. The second-order valence-corrected chi connectivity index (χ2v) is 6.75. The van der Waals surface area contributed by atoms with Gasteiger partial charge in [0.15, 0.2) is 11.5 Å². The normalized spacial score (nSPS) is 29.4. The number of hydrogen-bond acceptors (Lipinski definition) is 4. The van der Waals surface area contributed by atoms with Gasteiger partial charge in [-0.1, -0.05) is 24.9 Å². The Hall–Kier alpha value is -0.970. The van der Waals surface area contributed by atoms with E-state index in [1.165, 1.54) is 0 Å². The minimum Gasteiger partial charge on any atom is -0.486 e. The molecule has 0 spiro atoms. The third kappa shape index (κ3) is 2.60. The predicted octanol–water partition coefficient (Wildman–Crippen LogP) is 2.91. The highest BCUT2D eigenvalue weighted by Crippen LogP contribution is 2.51. The third-order valence-corrected chi connectivity index (χ3v) is 5.09. The van der Waals surface area contributed by atoms with E-state index in [1.54, 1.807) is 6.07 Å². The summed E-state index contributed by atoms with van der Waals surface area (Å²) < 4.78 is 11.1. The standard InChI is InChI=1S/C16H22ClNO3/c1-10-2-3-16(8-10,9-18)15(19)11-6-12(17)14-13(7-11)20-4-5-21-14/h6-7,10,15,19H,2-5,8-9,18H2,1H3. The van der Waals surface area contributed by atoms with E-state index < -0.39 is 6.10 Å². The predicted molar refractivity (Wildman–Crippen MR) is 81.9 cm³/mol. The number of hydrogen-bond donors (Lipinski definition) is 2. The minimum absolute atomic E-state index is 0.257. The first kappa shape index (κ1) is 14.9. The number of ether oxygens (including phenoxy) is 2. The highest BCUT2D eigenvalue weighted by atomic mass is 35.5. The second-order valence-electron chi connectivity index (χ2n) is 6.34. The summed E-state index contributed by atoms with van der Waals surface area (Å²) in [6, 6.07) is 3.62. The zero-order chi connectivity index (χ0) is 15.0. The van der Waals surface area contributed by atoms with E-state index in [-0.39, 0.29) is 5.41 Å². The minimum atomic E-state index is -0.624. The van der Waals surface area contributed by atoms with Crippen LogP contribution >= 0.6 is 11.6 Å². The van der Waals surface area contributed by atoms with Crippen molar-refractivity contribution >= 4 is 11.6 Å². The molecule has 3 unspecified atom stereocenters. The number of rotatable bonds is 3. The smallest absolute Gasteiger partial charge is 0.179 e. The Balaban J connectivity index is 1.94. The van der Waals surface area contributed by atoms with Crippen molar-refractivity contribution in [1.82, 2.24) is 0 Å². The maximum Gasteiger partial charge on any atom is 0.179 e. The van der Waals surface area contributed by atoms with Crippen LogP contribution in [0.25, 0.3) is 0 Å². The fourth-order valence-electron chi connectivity index (χ4n) is 3.62. The molecule has 5 heteroatoms. The maximum atomic E-state index is 10.9. The van der Waals surface area contributed by atoms with E-state index >= 15 is 0 Å². The van der Waals surface area contributed by atoms with E-state index in [2.05, 4.69) is 6.92 Å². The van der Waals surface area contributed by atoms with Crippen LogP contribution < -0.4 is 15.2 Å². The van der Waals surface area contributed by atoms with Gasteiger partial charge in [0.25, 0.3) is 0 Å². The number of aliphatic hydroxyl groups excluding tert-OH is 1. The zero-order valence-corrected chi connectivity index (χ0v) is 13.0. The Bertz CT molecular complexity index is 536. The quantitative estimate of drug-likeness (QED) is 0.901. The Morgan fingerprint density at radius 1 is 1.43 bits per heavy atom. The molecule has 0 saturated heterocycles. The van der Waals surface area contributed by atoms with Gasteiger partial charge in [-0.05, 0) is 36.5 Å². The van der Waals surface area contributed by atoms with E-state index in [0.717, 1.165) is 24.8 Å². The molecule has 1 aliphatic heterocycles. The van der Waals surface area contributed by atoms with Gasteiger partial charge in [0.1, 0.15) is 13.2 Å². The molecule has 1 saturated carbocycles. The first-order valence-corrected chi connectivity index (χ1v) is 7.91. The number of halogens is 1. The van der Waals surface area contributed by atoms with Crippen molar-refractivity contribution in [3.05, 3.63) is 22.7 Å². The van der Waals surface area contributed by atoms with Crippen molar-refractivity contribution in [1.29, 1.82) is 0 Å². The maximum absolute atomic E-state index is 10.9. The van der Waals surface area contributed by atoms with Gasteiger partial charge in [-0.15, -0.1) is 0 Å². The lowest BCUT2D eigenvalue weighted by Gasteiger charge is -2.34. The molecule has 2 aliphatic rings. The van der Waals surface area contributed by atoms with Crippen LogP contribution in [0.2, 0.25) is 5.02 Å². The zero-order valence-electron chi connectivity index (χ0n) is 12.3. The highest BCUT2D eigenvalue weighted by molar-refractivity contribution is 6.32. The van der Waals surface area contributed by atoms with Crippen molar-refractivity contribution in [2.24, 2.45) is 17.1 Å². The van der Waals surface area contributed by atoms with Crippen molar-refractivity contribution in [2.75, 3.05) is 19.8 Å². The van der Waals surface area contributed by atoms with Gasteiger partial charge in [0, 0.05) is 12.0 Å². The van der Waals surface area contributed by atoms with Crippen LogP contribution in [-0.4, -0.2) is 24.9 Å². The molecule has 0 amide bonds. The molecule has 4 nitrogen and oxygen atoms in total. The van der Waals surface area contributed by atoms with E-state index in [0.29, 0.717) is 42.2 Å². The van der Waals surface area contributed by atoms with Crippen LogP contribution in [0.15, 0.2) is 12.1 Å². The van der Waals surface area contributed by atoms with Crippen molar-refractivity contribution in [3.8, 4) is 11.5 Å². The van der Waals surface area contributed by atoms with E-state index in [9.17, 15) is 5.11 Å². The Labute approximate surface area is 130 Å². The van der Waals surface area contributed by atoms with Gasteiger partial charge >= 0.3 is 0 Å². The Morgan fingerprint density at radius 2 is 2.19 bits per heavy atom. The van der Waals surface area contributed by atoms with Crippen molar-refractivity contribution < 1.29 is 14.6 Å². The van der Waals surface area contributed by atoms with Gasteiger partial charge in [0.2, 0.25) is 0 Å². The molecule has 3 rings (SSSR count). The molecule has 0 bridgehead atoms. The fraction of sp³-hybridized carbons (Fsp3) is 0.625. The van der Waals surface area contributed by atoms with E-state index in [4.69, 9.17) is 26.8 Å². The molecule has 1 aromatic carbocycles. The summed E-state index contributed by atoms with van der Waals surface area (Å²) >= 11 is 6.27. The van der Waals surface area contributed by atoms with Gasteiger partial charge in [-0.25, -0.2) is 0 Å². The number of nitrogens with two attached hydrogens (primary N) is 1. The summed E-state index contributed by atoms with van der Waals surface area (Å²) in [5, 5.41) is 11.4. The van der Waals surface area contributed by atoms with Crippen LogP contribution in [0, 0.1) is 11.3 Å². The molecule has 3 atom stereocenters. The summed E-state index contributed by atoms with van der Waals surface area (Å²) in [6.07, 6.45) is 2.36. The van der Waals surface area contributed by atoms with Crippen molar-refractivity contribution in [2.45, 2.75) is 32.3 Å². The number of aliphatic hydroxyl groups is 1. The Morgan fingerprint density at radius 3 is 2.86 bits per heavy atom. The summed E-state index contributed by atoms with van der Waals surface area (Å²) in [5.41, 5.74) is 6.51. The molecule has 116 valence electrons. The van der Waals surface area contributed by atoms with Gasteiger partial charge in [0.05, 0.1) is 11.1 Å². The molecule has 21 heavy (non-hydrogen) atoms. The molecule has 1 aromatic rings. The summed E-state index contributed by atoms with van der Waals surface area (Å²) in [4.78, 5) is 0. The van der Waals surface area contributed by atoms with Crippen LogP contribution in [0.3, 0.4) is 0 Å². The molecule has 0 aromatic heterocycles. The van der Waals surface area contributed by atoms with E-state index in [1.807, 2.05) is 6.07 Å². The van der Waals surface area contributed by atoms with Gasteiger partial charge in [-0.3, -0.25) is 0 Å². The largest absolute Gasteiger partial charge is 0.486 e. The van der Waals surface area contributed by atoms with Crippen LogP contribution in [-0.2, 0) is 0 Å². The van der Waals surface area contributed by atoms with Crippen LogP contribution in [0.4, 0.5) is 0 Å². The molecule has 3 N–H and O–H groups in total. The monoisotopic (exact) mass is 311 g/mol.